The van der Waals surface area contributed by atoms with E-state index in [4.69, 9.17) is 0 Å². The number of hydrogen-bond donors (Lipinski definition) is 1. The van der Waals surface area contributed by atoms with Crippen molar-refractivity contribution in [2.75, 3.05) is 0 Å². The molecule has 110 valence electrons. The summed E-state index contributed by atoms with van der Waals surface area (Å²) in [7, 11) is 0. The Labute approximate surface area is 123 Å². The zero-order valence-electron chi connectivity index (χ0n) is 12.6. The van der Waals surface area contributed by atoms with Crippen molar-refractivity contribution in [2.45, 2.75) is 57.8 Å². The number of aromatic hydroxyl groups is 1. The SMILES string of the molecule is C=CCC(CCCc1ccccc1O)C1CCCCC1. The first-order chi connectivity index (χ1) is 9.81. The number of phenols is 1. The first kappa shape index (κ1) is 15.2. The van der Waals surface area contributed by atoms with E-state index in [-0.39, 0.29) is 0 Å². The van der Waals surface area contributed by atoms with Crippen molar-refractivity contribution >= 4 is 0 Å². The first-order valence-corrected chi connectivity index (χ1v) is 8.19. The van der Waals surface area contributed by atoms with Crippen molar-refractivity contribution in [3.63, 3.8) is 0 Å². The van der Waals surface area contributed by atoms with Crippen LogP contribution < -0.4 is 0 Å². The van der Waals surface area contributed by atoms with Gasteiger partial charge in [-0.2, -0.15) is 0 Å². The molecule has 0 spiro atoms. The number of phenolic OH excluding ortho intramolecular Hbond substituents is 1. The van der Waals surface area contributed by atoms with Gasteiger partial charge in [0.2, 0.25) is 0 Å². The van der Waals surface area contributed by atoms with Crippen LogP contribution in [-0.4, -0.2) is 5.11 Å². The number of hydrogen-bond acceptors (Lipinski definition) is 1. The van der Waals surface area contributed by atoms with Crippen LogP contribution in [0.2, 0.25) is 0 Å². The van der Waals surface area contributed by atoms with Crippen molar-refractivity contribution in [1.29, 1.82) is 0 Å². The molecule has 2 rings (SSSR count). The zero-order chi connectivity index (χ0) is 14.2. The molecule has 1 aromatic rings. The lowest BCUT2D eigenvalue weighted by molar-refractivity contribution is 0.234. The summed E-state index contributed by atoms with van der Waals surface area (Å²) in [5.41, 5.74) is 1.09. The van der Waals surface area contributed by atoms with Gasteiger partial charge in [-0.3, -0.25) is 0 Å². The second-order valence-corrected chi connectivity index (χ2v) is 6.20. The Balaban J connectivity index is 1.82. The molecule has 1 aliphatic rings. The first-order valence-electron chi connectivity index (χ1n) is 8.19. The monoisotopic (exact) mass is 272 g/mol. The molecule has 0 radical (unpaired) electrons. The minimum Gasteiger partial charge on any atom is -0.508 e. The number of aryl methyl sites for hydroxylation is 1. The lowest BCUT2D eigenvalue weighted by atomic mass is 9.76. The molecule has 0 aliphatic heterocycles. The third-order valence-corrected chi connectivity index (χ3v) is 4.80. The third kappa shape index (κ3) is 4.40. The number of benzene rings is 1. The predicted molar refractivity (Wildman–Crippen MR) is 85.9 cm³/mol. The molecule has 1 aliphatic carbocycles. The summed E-state index contributed by atoms with van der Waals surface area (Å²) in [6, 6.07) is 7.73. The largest absolute Gasteiger partial charge is 0.508 e. The maximum atomic E-state index is 9.81. The molecule has 1 atom stereocenters. The summed E-state index contributed by atoms with van der Waals surface area (Å²) < 4.78 is 0. The quantitative estimate of drug-likeness (QED) is 0.651. The van der Waals surface area contributed by atoms with Gasteiger partial charge in [0.1, 0.15) is 5.75 Å². The topological polar surface area (TPSA) is 20.2 Å². The molecule has 1 heteroatoms. The summed E-state index contributed by atoms with van der Waals surface area (Å²) in [5, 5.41) is 9.81. The molecule has 1 unspecified atom stereocenters. The minimum absolute atomic E-state index is 0.449. The van der Waals surface area contributed by atoms with Gasteiger partial charge < -0.3 is 5.11 Å². The fourth-order valence-corrected chi connectivity index (χ4v) is 3.64. The van der Waals surface area contributed by atoms with Crippen LogP contribution in [-0.2, 0) is 6.42 Å². The van der Waals surface area contributed by atoms with Crippen LogP contribution in [0.4, 0.5) is 0 Å². The Bertz CT molecular complexity index is 404. The van der Waals surface area contributed by atoms with Gasteiger partial charge in [0.15, 0.2) is 0 Å². The molecule has 1 N–H and O–H groups in total. The van der Waals surface area contributed by atoms with E-state index < -0.39 is 0 Å². The van der Waals surface area contributed by atoms with Crippen molar-refractivity contribution in [3.05, 3.63) is 42.5 Å². The third-order valence-electron chi connectivity index (χ3n) is 4.80. The van der Waals surface area contributed by atoms with Crippen LogP contribution in [0.1, 0.15) is 56.9 Å². The van der Waals surface area contributed by atoms with Crippen LogP contribution in [0.25, 0.3) is 0 Å². The molecule has 0 bridgehead atoms. The van der Waals surface area contributed by atoms with E-state index in [2.05, 4.69) is 12.7 Å². The molecule has 1 aromatic carbocycles. The number of rotatable bonds is 7. The molecule has 0 heterocycles. The fourth-order valence-electron chi connectivity index (χ4n) is 3.64. The summed E-state index contributed by atoms with van der Waals surface area (Å²) in [6.07, 6.45) is 13.8. The highest BCUT2D eigenvalue weighted by Crippen LogP contribution is 2.35. The molecule has 1 nitrogen and oxygen atoms in total. The maximum absolute atomic E-state index is 9.81. The van der Waals surface area contributed by atoms with Gasteiger partial charge in [-0.05, 0) is 49.1 Å². The summed E-state index contributed by atoms with van der Waals surface area (Å²) >= 11 is 0. The molecule has 1 fully saturated rings. The Morgan fingerprint density at radius 1 is 1.20 bits per heavy atom. The van der Waals surface area contributed by atoms with Crippen LogP contribution in [0.3, 0.4) is 0 Å². The standard InChI is InChI=1S/C19H28O/c1-2-9-16(17-10-4-3-5-11-17)13-8-14-18-12-6-7-15-19(18)20/h2,6-7,12,15-17,20H,1,3-5,8-11,13-14H2. The number of para-hydroxylation sites is 1. The molecular formula is C19H28O. The molecule has 1 saturated carbocycles. The highest BCUT2D eigenvalue weighted by Gasteiger charge is 2.22. The Hall–Kier alpha value is -1.24. The average molecular weight is 272 g/mol. The lowest BCUT2D eigenvalue weighted by Gasteiger charge is -2.29. The van der Waals surface area contributed by atoms with Gasteiger partial charge in [-0.15, -0.1) is 6.58 Å². The van der Waals surface area contributed by atoms with E-state index in [1.807, 2.05) is 18.2 Å². The van der Waals surface area contributed by atoms with Crippen LogP contribution in [0.5, 0.6) is 5.75 Å². The van der Waals surface area contributed by atoms with E-state index in [0.29, 0.717) is 5.75 Å². The maximum Gasteiger partial charge on any atom is 0.118 e. The minimum atomic E-state index is 0.449. The van der Waals surface area contributed by atoms with Gasteiger partial charge in [0.05, 0.1) is 0 Å². The normalized spacial score (nSPS) is 17.8. The van der Waals surface area contributed by atoms with Gasteiger partial charge >= 0.3 is 0 Å². The van der Waals surface area contributed by atoms with Crippen LogP contribution in [0.15, 0.2) is 36.9 Å². The van der Waals surface area contributed by atoms with E-state index >= 15 is 0 Å². The van der Waals surface area contributed by atoms with E-state index in [9.17, 15) is 5.11 Å². The van der Waals surface area contributed by atoms with E-state index in [1.165, 1.54) is 44.9 Å². The smallest absolute Gasteiger partial charge is 0.118 e. The van der Waals surface area contributed by atoms with Crippen LogP contribution >= 0.6 is 0 Å². The van der Waals surface area contributed by atoms with Crippen molar-refractivity contribution < 1.29 is 5.11 Å². The number of allylic oxidation sites excluding steroid dienone is 1. The highest BCUT2D eigenvalue weighted by molar-refractivity contribution is 5.31. The van der Waals surface area contributed by atoms with E-state index in [0.717, 1.165) is 30.2 Å². The molecule has 0 aromatic heterocycles. The fraction of sp³-hybridized carbons (Fsp3) is 0.579. The molecular weight excluding hydrogens is 244 g/mol. The Kier molecular flexibility index (Phi) is 6.17. The van der Waals surface area contributed by atoms with Gasteiger partial charge in [-0.25, -0.2) is 0 Å². The molecule has 0 saturated heterocycles. The second kappa shape index (κ2) is 8.14. The Morgan fingerprint density at radius 2 is 1.95 bits per heavy atom. The summed E-state index contributed by atoms with van der Waals surface area (Å²) in [5.74, 6) is 2.16. The second-order valence-electron chi connectivity index (χ2n) is 6.20. The summed E-state index contributed by atoms with van der Waals surface area (Å²) in [4.78, 5) is 0. The highest BCUT2D eigenvalue weighted by atomic mass is 16.3. The Morgan fingerprint density at radius 3 is 2.65 bits per heavy atom. The van der Waals surface area contributed by atoms with Crippen molar-refractivity contribution in [1.82, 2.24) is 0 Å². The van der Waals surface area contributed by atoms with Crippen molar-refractivity contribution in [2.24, 2.45) is 11.8 Å². The lowest BCUT2D eigenvalue weighted by Crippen LogP contribution is -2.17. The van der Waals surface area contributed by atoms with Crippen molar-refractivity contribution in [3.8, 4) is 5.75 Å². The molecule has 0 amide bonds. The zero-order valence-corrected chi connectivity index (χ0v) is 12.6. The van der Waals surface area contributed by atoms with Crippen LogP contribution in [0, 0.1) is 11.8 Å². The van der Waals surface area contributed by atoms with Gasteiger partial charge in [-0.1, -0.05) is 56.4 Å². The van der Waals surface area contributed by atoms with Gasteiger partial charge in [0.25, 0.3) is 0 Å². The average Bonchev–Trinajstić information content (AvgIpc) is 2.49. The summed E-state index contributed by atoms with van der Waals surface area (Å²) in [6.45, 7) is 3.94. The van der Waals surface area contributed by atoms with Gasteiger partial charge in [0, 0.05) is 0 Å². The predicted octanol–water partition coefficient (Wildman–Crippen LogP) is 5.49. The molecule has 20 heavy (non-hydrogen) atoms. The van der Waals surface area contributed by atoms with E-state index in [1.54, 1.807) is 6.07 Å².